The number of ether oxygens (including phenoxy) is 1. The normalized spacial score (nSPS) is 24.9. The molecular weight excluding hydrogens is 298 g/mol. The minimum absolute atomic E-state index is 0.259. The van der Waals surface area contributed by atoms with Crippen LogP contribution in [0.25, 0.3) is 0 Å². The first-order valence-electron chi connectivity index (χ1n) is 8.35. The van der Waals surface area contributed by atoms with Gasteiger partial charge in [-0.1, -0.05) is 0 Å². The topological polar surface area (TPSA) is 87.6 Å². The van der Waals surface area contributed by atoms with Crippen molar-refractivity contribution in [2.24, 2.45) is 0 Å². The molecule has 3 heterocycles. The van der Waals surface area contributed by atoms with E-state index in [0.717, 1.165) is 45.4 Å². The van der Waals surface area contributed by atoms with E-state index >= 15 is 0 Å². The Morgan fingerprint density at radius 1 is 1.35 bits per heavy atom. The minimum Gasteiger partial charge on any atom is -0.390 e. The molecular formula is C16H25N3O4. The van der Waals surface area contributed by atoms with Gasteiger partial charge in [0.2, 0.25) is 0 Å². The van der Waals surface area contributed by atoms with Crippen LogP contribution in [0.3, 0.4) is 0 Å². The van der Waals surface area contributed by atoms with Gasteiger partial charge in [-0.3, -0.25) is 9.36 Å². The van der Waals surface area contributed by atoms with Gasteiger partial charge >= 0.3 is 5.69 Å². The summed E-state index contributed by atoms with van der Waals surface area (Å²) in [4.78, 5) is 28.6. The molecule has 7 nitrogen and oxygen atoms in total. The Balaban J connectivity index is 1.58. The number of piperidine rings is 1. The zero-order valence-corrected chi connectivity index (χ0v) is 13.6. The number of nitrogens with one attached hydrogen (secondary N) is 1. The highest BCUT2D eigenvalue weighted by Gasteiger charge is 2.43. The van der Waals surface area contributed by atoms with Gasteiger partial charge in [0.15, 0.2) is 0 Å². The SMILES string of the molecule is Cc1cc(=O)n(CCN2CCC3(CC2)OCCC[C@H]3O)c(=O)[nH]1. The number of aryl methyl sites for hydroxylation is 1. The Morgan fingerprint density at radius 2 is 2.09 bits per heavy atom. The first-order valence-corrected chi connectivity index (χ1v) is 8.35. The van der Waals surface area contributed by atoms with Gasteiger partial charge in [0.1, 0.15) is 0 Å². The number of aromatic nitrogens is 2. The van der Waals surface area contributed by atoms with E-state index in [0.29, 0.717) is 18.8 Å². The van der Waals surface area contributed by atoms with Crippen LogP contribution in [0.2, 0.25) is 0 Å². The lowest BCUT2D eigenvalue weighted by molar-refractivity contribution is -0.176. The molecule has 2 aliphatic rings. The smallest absolute Gasteiger partial charge is 0.328 e. The molecule has 0 radical (unpaired) electrons. The van der Waals surface area contributed by atoms with Gasteiger partial charge in [0.25, 0.3) is 5.56 Å². The van der Waals surface area contributed by atoms with Crippen LogP contribution in [0.5, 0.6) is 0 Å². The fourth-order valence-corrected chi connectivity index (χ4v) is 3.63. The van der Waals surface area contributed by atoms with Crippen LogP contribution in [0.1, 0.15) is 31.4 Å². The third kappa shape index (κ3) is 3.41. The quantitative estimate of drug-likeness (QED) is 0.808. The molecule has 1 aromatic heterocycles. The van der Waals surface area contributed by atoms with Crippen molar-refractivity contribution in [1.82, 2.24) is 14.5 Å². The van der Waals surface area contributed by atoms with E-state index in [1.54, 1.807) is 6.92 Å². The summed E-state index contributed by atoms with van der Waals surface area (Å²) >= 11 is 0. The van der Waals surface area contributed by atoms with Crippen LogP contribution in [0.15, 0.2) is 15.7 Å². The standard InChI is InChI=1S/C16H25N3O4/c1-12-11-14(21)19(15(22)17-12)9-8-18-6-4-16(5-7-18)13(20)3-2-10-23-16/h11,13,20H,2-10H2,1H3,(H,17,22)/t13-/m1/s1. The molecule has 0 bridgehead atoms. The van der Waals surface area contributed by atoms with Crippen LogP contribution >= 0.6 is 0 Å². The lowest BCUT2D eigenvalue weighted by Gasteiger charge is -2.46. The van der Waals surface area contributed by atoms with E-state index < -0.39 is 0 Å². The van der Waals surface area contributed by atoms with Gasteiger partial charge in [-0.15, -0.1) is 0 Å². The number of aliphatic hydroxyl groups is 1. The first kappa shape index (κ1) is 16.4. The van der Waals surface area contributed by atoms with Crippen molar-refractivity contribution in [2.45, 2.75) is 50.9 Å². The van der Waals surface area contributed by atoms with Crippen LogP contribution < -0.4 is 11.2 Å². The second-order valence-electron chi connectivity index (χ2n) is 6.66. The lowest BCUT2D eigenvalue weighted by atomic mass is 9.82. The highest BCUT2D eigenvalue weighted by Crippen LogP contribution is 2.35. The zero-order valence-electron chi connectivity index (χ0n) is 13.6. The summed E-state index contributed by atoms with van der Waals surface area (Å²) < 4.78 is 7.13. The number of hydrogen-bond acceptors (Lipinski definition) is 5. The van der Waals surface area contributed by atoms with Crippen molar-refractivity contribution < 1.29 is 9.84 Å². The fourth-order valence-electron chi connectivity index (χ4n) is 3.63. The van der Waals surface area contributed by atoms with Gasteiger partial charge < -0.3 is 19.7 Å². The predicted molar refractivity (Wildman–Crippen MR) is 85.7 cm³/mol. The molecule has 3 rings (SSSR count). The number of H-pyrrole nitrogens is 1. The van der Waals surface area contributed by atoms with E-state index in [1.165, 1.54) is 10.6 Å². The number of hydrogen-bond donors (Lipinski definition) is 2. The van der Waals surface area contributed by atoms with Crippen molar-refractivity contribution in [3.05, 3.63) is 32.6 Å². The summed E-state index contributed by atoms with van der Waals surface area (Å²) in [5.74, 6) is 0. The van der Waals surface area contributed by atoms with Crippen molar-refractivity contribution in [3.63, 3.8) is 0 Å². The van der Waals surface area contributed by atoms with Crippen LogP contribution in [-0.4, -0.2) is 57.5 Å². The molecule has 128 valence electrons. The molecule has 2 N–H and O–H groups in total. The molecule has 1 aromatic rings. The van der Waals surface area contributed by atoms with Crippen LogP contribution in [0, 0.1) is 6.92 Å². The largest absolute Gasteiger partial charge is 0.390 e. The second kappa shape index (κ2) is 6.59. The molecule has 1 spiro atoms. The summed E-state index contributed by atoms with van der Waals surface area (Å²) in [5.41, 5.74) is -0.410. The average Bonchev–Trinajstić information content (AvgIpc) is 2.51. The second-order valence-corrected chi connectivity index (χ2v) is 6.66. The van der Waals surface area contributed by atoms with Gasteiger partial charge in [-0.05, 0) is 32.6 Å². The molecule has 0 amide bonds. The molecule has 23 heavy (non-hydrogen) atoms. The Hall–Kier alpha value is -1.44. The van der Waals surface area contributed by atoms with E-state index in [1.807, 2.05) is 0 Å². The van der Waals surface area contributed by atoms with E-state index in [9.17, 15) is 14.7 Å². The maximum absolute atomic E-state index is 11.9. The van der Waals surface area contributed by atoms with Gasteiger partial charge in [0.05, 0.1) is 11.7 Å². The summed E-state index contributed by atoms with van der Waals surface area (Å²) in [6.07, 6.45) is 2.96. The molecule has 0 aromatic carbocycles. The molecule has 0 aliphatic carbocycles. The number of rotatable bonds is 3. The van der Waals surface area contributed by atoms with Crippen molar-refractivity contribution in [2.75, 3.05) is 26.2 Å². The monoisotopic (exact) mass is 323 g/mol. The summed E-state index contributed by atoms with van der Waals surface area (Å²) in [6, 6.07) is 1.44. The maximum atomic E-state index is 11.9. The molecule has 0 unspecified atom stereocenters. The number of nitrogens with zero attached hydrogens (tertiary/aromatic N) is 2. The Labute approximate surface area is 134 Å². The van der Waals surface area contributed by atoms with Crippen LogP contribution in [-0.2, 0) is 11.3 Å². The number of aliphatic hydroxyl groups excluding tert-OH is 1. The first-order chi connectivity index (χ1) is 11.0. The fraction of sp³-hybridized carbons (Fsp3) is 0.750. The molecule has 2 aliphatic heterocycles. The zero-order chi connectivity index (χ0) is 16.4. The maximum Gasteiger partial charge on any atom is 0.328 e. The van der Waals surface area contributed by atoms with Crippen molar-refractivity contribution >= 4 is 0 Å². The third-order valence-electron chi connectivity index (χ3n) is 5.12. The molecule has 2 fully saturated rings. The van der Waals surface area contributed by atoms with E-state index in [-0.39, 0.29) is 23.0 Å². The summed E-state index contributed by atoms with van der Waals surface area (Å²) in [7, 11) is 0. The molecule has 2 saturated heterocycles. The molecule has 0 saturated carbocycles. The third-order valence-corrected chi connectivity index (χ3v) is 5.12. The highest BCUT2D eigenvalue weighted by atomic mass is 16.5. The summed E-state index contributed by atoms with van der Waals surface area (Å²) in [5, 5.41) is 10.2. The Morgan fingerprint density at radius 3 is 2.74 bits per heavy atom. The van der Waals surface area contributed by atoms with Crippen LogP contribution in [0.4, 0.5) is 0 Å². The van der Waals surface area contributed by atoms with E-state index in [4.69, 9.17) is 4.74 Å². The Bertz CT molecular complexity index is 627. The number of likely N-dealkylation sites (tertiary alicyclic amines) is 1. The Kier molecular flexibility index (Phi) is 4.70. The molecule has 7 heteroatoms. The highest BCUT2D eigenvalue weighted by molar-refractivity contribution is 4.97. The van der Waals surface area contributed by atoms with Crippen molar-refractivity contribution in [3.8, 4) is 0 Å². The molecule has 1 atom stereocenters. The minimum atomic E-state index is -0.382. The predicted octanol–water partition coefficient (Wildman–Crippen LogP) is -0.149. The lowest BCUT2D eigenvalue weighted by Crippen LogP contribution is -2.55. The van der Waals surface area contributed by atoms with Gasteiger partial charge in [-0.25, -0.2) is 4.79 Å². The van der Waals surface area contributed by atoms with E-state index in [2.05, 4.69) is 9.88 Å². The van der Waals surface area contributed by atoms with Gasteiger partial charge in [-0.2, -0.15) is 0 Å². The number of aromatic amines is 1. The van der Waals surface area contributed by atoms with Crippen molar-refractivity contribution in [1.29, 1.82) is 0 Å². The average molecular weight is 323 g/mol. The van der Waals surface area contributed by atoms with Gasteiger partial charge in [0, 0.05) is 44.5 Å². The summed E-state index contributed by atoms with van der Waals surface area (Å²) in [6.45, 7) is 5.09.